The number of esters is 1. The number of nitrogens with one attached hydrogen (secondary N) is 2. The van der Waals surface area contributed by atoms with Gasteiger partial charge in [0.15, 0.2) is 0 Å². The van der Waals surface area contributed by atoms with E-state index in [1.165, 1.54) is 4.88 Å². The van der Waals surface area contributed by atoms with E-state index in [9.17, 15) is 19.5 Å². The fourth-order valence-electron chi connectivity index (χ4n) is 7.07. The van der Waals surface area contributed by atoms with Crippen LogP contribution in [0.3, 0.4) is 0 Å². The topological polar surface area (TPSA) is 212 Å². The van der Waals surface area contributed by atoms with Crippen molar-refractivity contribution in [3.63, 3.8) is 0 Å². The highest BCUT2D eigenvalue weighted by Crippen LogP contribution is 2.38. The van der Waals surface area contributed by atoms with E-state index in [0.29, 0.717) is 72.7 Å². The van der Waals surface area contributed by atoms with E-state index in [0.717, 1.165) is 48.9 Å². The van der Waals surface area contributed by atoms with Gasteiger partial charge in [-0.2, -0.15) is 4.98 Å². The lowest BCUT2D eigenvalue weighted by molar-refractivity contribution is -0.132. The fourth-order valence-corrected chi connectivity index (χ4v) is 7.66. The molecule has 1 saturated heterocycles. The average Bonchev–Trinajstić information content (AvgIpc) is 3.99. The number of cyclic esters (lactones) is 1. The number of fused-ring (bicyclic) bond motifs is 1. The Bertz CT molecular complexity index is 2280. The van der Waals surface area contributed by atoms with Crippen LogP contribution in [0.5, 0.6) is 0 Å². The van der Waals surface area contributed by atoms with Crippen LogP contribution in [-0.4, -0.2) is 72.6 Å². The molecule has 0 bridgehead atoms. The van der Waals surface area contributed by atoms with Gasteiger partial charge in [0.2, 0.25) is 23.7 Å². The number of nitrogens with zero attached hydrogens (tertiary/aromatic N) is 6. The monoisotopic (exact) mass is 926 g/mol. The maximum absolute atomic E-state index is 12.8. The molecule has 1 atom stereocenters. The van der Waals surface area contributed by atoms with Crippen LogP contribution in [0, 0.1) is 19.3 Å². The minimum Gasteiger partial charge on any atom is -0.451 e. The van der Waals surface area contributed by atoms with E-state index < -0.39 is 11.6 Å². The van der Waals surface area contributed by atoms with E-state index in [1.54, 1.807) is 29.7 Å². The third-order valence-corrected chi connectivity index (χ3v) is 11.5. The van der Waals surface area contributed by atoms with E-state index in [4.69, 9.17) is 19.9 Å². The zero-order chi connectivity index (χ0) is 48.4. The first kappa shape index (κ1) is 52.9. The van der Waals surface area contributed by atoms with Gasteiger partial charge in [0.05, 0.1) is 35.0 Å². The number of primary amides is 1. The Morgan fingerprint density at radius 3 is 2.18 bits per heavy atom. The first-order valence-corrected chi connectivity index (χ1v) is 24.0. The molecule has 2 aliphatic heterocycles. The molecule has 2 amide bonds. The van der Waals surface area contributed by atoms with Crippen molar-refractivity contribution in [2.75, 3.05) is 30.3 Å². The summed E-state index contributed by atoms with van der Waals surface area (Å²) in [5.74, 6) is 0.919. The van der Waals surface area contributed by atoms with Crippen LogP contribution in [0.4, 0.5) is 17.5 Å². The summed E-state index contributed by atoms with van der Waals surface area (Å²) in [5.41, 5.74) is 11.2. The second-order valence-electron chi connectivity index (χ2n) is 18.4. The summed E-state index contributed by atoms with van der Waals surface area (Å²) in [6, 6.07) is 14.4. The number of carbonyl (C=O) groups is 3. The number of nitrogens with two attached hydrogens (primary N) is 1. The summed E-state index contributed by atoms with van der Waals surface area (Å²) in [6.07, 6.45) is 8.47. The van der Waals surface area contributed by atoms with Gasteiger partial charge in [0, 0.05) is 54.2 Å². The molecule has 16 heteroatoms. The maximum atomic E-state index is 12.8. The Morgan fingerprint density at radius 2 is 1.59 bits per heavy atom. The molecular formula is C50H71N9O6S. The molecule has 3 aromatic heterocycles. The number of benzene rings is 2. The number of carbonyl (C=O) groups excluding carboxylic acids is 3. The number of aliphatic hydroxyl groups is 1. The first-order valence-electron chi connectivity index (χ1n) is 23.1. The van der Waals surface area contributed by atoms with Crippen LogP contribution >= 0.6 is 11.3 Å². The molecule has 358 valence electrons. The number of rotatable bonds is 16. The Hall–Kier alpha value is -5.74. The summed E-state index contributed by atoms with van der Waals surface area (Å²) in [5, 5.41) is 25.7. The summed E-state index contributed by atoms with van der Waals surface area (Å²) in [7, 11) is 0. The van der Waals surface area contributed by atoms with Crippen molar-refractivity contribution in [1.82, 2.24) is 30.0 Å². The summed E-state index contributed by atoms with van der Waals surface area (Å²) in [4.78, 5) is 52.6. The van der Waals surface area contributed by atoms with Crippen molar-refractivity contribution >= 4 is 46.6 Å². The van der Waals surface area contributed by atoms with Gasteiger partial charge >= 0.3 is 5.97 Å². The minimum atomic E-state index is -0.761. The number of aliphatic hydroxyl groups excluding tert-OH is 1. The zero-order valence-electron chi connectivity index (χ0n) is 40.6. The molecule has 1 unspecified atom stereocenters. The van der Waals surface area contributed by atoms with Crippen molar-refractivity contribution in [3.05, 3.63) is 93.4 Å². The van der Waals surface area contributed by atoms with Gasteiger partial charge in [0.25, 0.3) is 5.89 Å². The molecular weight excluding hydrogens is 855 g/mol. The predicted octanol–water partition coefficient (Wildman–Crippen LogP) is 10.6. The number of thiazole rings is 1. The number of unbranched alkanes of at least 4 members (excludes halogenated alkanes) is 4. The molecule has 0 radical (unpaired) electrons. The average molecular weight is 926 g/mol. The molecule has 66 heavy (non-hydrogen) atoms. The number of ether oxygens (including phenoxy) is 1. The lowest BCUT2D eigenvalue weighted by Crippen LogP contribution is -2.37. The van der Waals surface area contributed by atoms with Crippen LogP contribution in [0.2, 0.25) is 0 Å². The van der Waals surface area contributed by atoms with Gasteiger partial charge < -0.3 is 35.5 Å². The van der Waals surface area contributed by atoms with Crippen molar-refractivity contribution in [2.45, 2.75) is 145 Å². The third kappa shape index (κ3) is 16.3. The normalized spacial score (nSPS) is 14.5. The number of piperidine rings is 1. The number of aryl methyl sites for hydroxylation is 2. The second-order valence-corrected chi connectivity index (χ2v) is 19.4. The Kier molecular flexibility index (Phi) is 20.2. The standard InChI is InChI=1S/C38H46N8O6.C5H7NS.C5H12.C2H6/c1-38(2)29-21-26(15-16-27(29)36(50)52-38)41-37-40-22-28(33(43-37)42-30(23-47)24-11-7-6-8-12-24)35-45-44-34(51-35)25-17-19-46(20-18-25)32(49)14-10-5-3-4-9-13-31(39)48;1-4-5(2)7-3-6-4;1-5(2,3)4;1-2/h6-8,11-12,15-16,21-22,25,30,47H,3-5,9-10,13-14,17-20,23H2,1-2H3,(H2,39,48)(H2,40,41,42,43);3H,1-2H3;1-4H3;1-2H3. The minimum absolute atomic E-state index is 0.00301. The molecule has 15 nitrogen and oxygen atoms in total. The highest BCUT2D eigenvalue weighted by atomic mass is 32.1. The smallest absolute Gasteiger partial charge is 0.339 e. The zero-order valence-corrected chi connectivity index (χ0v) is 41.4. The van der Waals surface area contributed by atoms with Gasteiger partial charge in [-0.15, -0.1) is 21.5 Å². The molecule has 0 saturated carbocycles. The first-order chi connectivity index (χ1) is 31.4. The molecule has 2 aliphatic rings. The van der Waals surface area contributed by atoms with Gasteiger partial charge in [-0.25, -0.2) is 14.8 Å². The van der Waals surface area contributed by atoms with Gasteiger partial charge in [0.1, 0.15) is 11.4 Å². The Balaban J connectivity index is 0.000000589. The number of anilines is 3. The van der Waals surface area contributed by atoms with E-state index >= 15 is 0 Å². The van der Waals surface area contributed by atoms with Crippen LogP contribution in [0.25, 0.3) is 11.5 Å². The van der Waals surface area contributed by atoms with E-state index in [2.05, 4.69) is 65.4 Å². The summed E-state index contributed by atoms with van der Waals surface area (Å²) >= 11 is 1.69. The van der Waals surface area contributed by atoms with Gasteiger partial charge in [-0.05, 0) is 82.6 Å². The molecule has 5 N–H and O–H groups in total. The van der Waals surface area contributed by atoms with Crippen molar-refractivity contribution in [1.29, 1.82) is 0 Å². The number of likely N-dealkylation sites (tertiary alicyclic amines) is 1. The van der Waals surface area contributed by atoms with Crippen molar-refractivity contribution in [3.8, 4) is 11.5 Å². The maximum Gasteiger partial charge on any atom is 0.339 e. The molecule has 1 fully saturated rings. The number of hydrogen-bond acceptors (Lipinski definition) is 14. The SMILES string of the molecule is CC.CC(C)(C)C.CC1(C)OC(=O)c2ccc(Nc3ncc(-c4nnc(C5CCN(C(=O)CCCCCCCC(N)=O)CC5)o4)c(NC(CO)c4ccccc4)n3)cc21.Cc1ncsc1C. The van der Waals surface area contributed by atoms with E-state index in [1.807, 2.05) is 81.4 Å². The summed E-state index contributed by atoms with van der Waals surface area (Å²) in [6.45, 7) is 21.6. The molecule has 2 aromatic carbocycles. The Labute approximate surface area is 394 Å². The number of hydrogen-bond donors (Lipinski definition) is 4. The number of amides is 2. The second kappa shape index (κ2) is 25.2. The van der Waals surface area contributed by atoms with Crippen LogP contribution < -0.4 is 16.4 Å². The molecule has 7 rings (SSSR count). The molecule has 5 aromatic rings. The quantitative estimate of drug-likeness (QED) is 0.0536. The predicted molar refractivity (Wildman–Crippen MR) is 262 cm³/mol. The van der Waals surface area contributed by atoms with Crippen LogP contribution in [-0.2, 0) is 19.9 Å². The highest BCUT2D eigenvalue weighted by Gasteiger charge is 2.38. The lowest BCUT2D eigenvalue weighted by Gasteiger charge is -2.30. The number of aromatic nitrogens is 5. The fraction of sp³-hybridized carbons (Fsp3) is 0.520. The largest absolute Gasteiger partial charge is 0.451 e. The summed E-state index contributed by atoms with van der Waals surface area (Å²) < 4.78 is 11.7. The Morgan fingerprint density at radius 1 is 0.939 bits per heavy atom. The molecule has 5 heterocycles. The van der Waals surface area contributed by atoms with Gasteiger partial charge in [-0.3, -0.25) is 9.59 Å². The van der Waals surface area contributed by atoms with Crippen LogP contribution in [0.15, 0.2) is 64.7 Å². The lowest BCUT2D eigenvalue weighted by atomic mass is 9.95. The molecule has 0 spiro atoms. The van der Waals surface area contributed by atoms with Crippen molar-refractivity contribution < 1.29 is 28.6 Å². The molecule has 0 aliphatic carbocycles. The van der Waals surface area contributed by atoms with Gasteiger partial charge in [-0.1, -0.05) is 91.1 Å². The van der Waals surface area contributed by atoms with Crippen molar-refractivity contribution in [2.24, 2.45) is 11.1 Å². The third-order valence-electron chi connectivity index (χ3n) is 10.6. The van der Waals surface area contributed by atoms with E-state index in [-0.39, 0.29) is 42.1 Å². The highest BCUT2D eigenvalue weighted by molar-refractivity contribution is 7.09. The van der Waals surface area contributed by atoms with Crippen LogP contribution in [0.1, 0.15) is 163 Å².